The fraction of sp³-hybridized carbons (Fsp3) is 0.0909. The molecule has 3 heteroatoms. The van der Waals surface area contributed by atoms with Crippen LogP contribution < -0.4 is 0 Å². The summed E-state index contributed by atoms with van der Waals surface area (Å²) in [6.07, 6.45) is 2.54. The molecule has 2 nitrogen and oxygen atoms in total. The Bertz CT molecular complexity index is 454. The molecule has 14 heavy (non-hydrogen) atoms. The SMILES string of the molecule is N#Cc1ccccc1Cc1nccs1. The first-order chi connectivity index (χ1) is 6.90. The average Bonchev–Trinajstić information content (AvgIpc) is 2.71. The van der Waals surface area contributed by atoms with Gasteiger partial charge in [0.15, 0.2) is 0 Å². The van der Waals surface area contributed by atoms with E-state index in [-0.39, 0.29) is 0 Å². The van der Waals surface area contributed by atoms with E-state index in [4.69, 9.17) is 5.26 Å². The van der Waals surface area contributed by atoms with E-state index in [1.165, 1.54) is 0 Å². The number of rotatable bonds is 2. The molecule has 1 aromatic heterocycles. The molecule has 2 rings (SSSR count). The van der Waals surface area contributed by atoms with Crippen molar-refractivity contribution < 1.29 is 0 Å². The number of hydrogen-bond acceptors (Lipinski definition) is 3. The van der Waals surface area contributed by atoms with E-state index >= 15 is 0 Å². The molecule has 0 amide bonds. The Kier molecular flexibility index (Phi) is 2.57. The smallest absolute Gasteiger partial charge is 0.0994 e. The zero-order valence-corrected chi connectivity index (χ0v) is 8.29. The molecule has 0 saturated heterocycles. The van der Waals surface area contributed by atoms with Crippen LogP contribution in [-0.4, -0.2) is 4.98 Å². The molecular weight excluding hydrogens is 192 g/mol. The van der Waals surface area contributed by atoms with Gasteiger partial charge in [-0.15, -0.1) is 11.3 Å². The molecule has 0 aliphatic carbocycles. The molecule has 0 aliphatic rings. The Labute approximate surface area is 86.5 Å². The van der Waals surface area contributed by atoms with Gasteiger partial charge in [0.1, 0.15) is 0 Å². The molecule has 0 fully saturated rings. The summed E-state index contributed by atoms with van der Waals surface area (Å²) in [4.78, 5) is 4.20. The maximum atomic E-state index is 8.88. The molecule has 0 N–H and O–H groups in total. The summed E-state index contributed by atoms with van der Waals surface area (Å²) < 4.78 is 0. The number of thiazole rings is 1. The van der Waals surface area contributed by atoms with Gasteiger partial charge in [-0.2, -0.15) is 5.26 Å². The first kappa shape index (κ1) is 8.92. The van der Waals surface area contributed by atoms with Crippen LogP contribution in [0, 0.1) is 11.3 Å². The summed E-state index contributed by atoms with van der Waals surface area (Å²) in [7, 11) is 0. The molecule has 1 heterocycles. The summed E-state index contributed by atoms with van der Waals surface area (Å²) in [6, 6.07) is 9.82. The lowest BCUT2D eigenvalue weighted by molar-refractivity contribution is 1.13. The van der Waals surface area contributed by atoms with Crippen LogP contribution in [0.15, 0.2) is 35.8 Å². The van der Waals surface area contributed by atoms with E-state index in [2.05, 4.69) is 11.1 Å². The summed E-state index contributed by atoms with van der Waals surface area (Å²) in [5.41, 5.74) is 1.78. The highest BCUT2D eigenvalue weighted by Gasteiger charge is 2.03. The van der Waals surface area contributed by atoms with Crippen LogP contribution in [0.4, 0.5) is 0 Å². The number of nitrogens with zero attached hydrogens (tertiary/aromatic N) is 2. The number of benzene rings is 1. The number of nitriles is 1. The molecule has 2 aromatic rings. The van der Waals surface area contributed by atoms with Crippen LogP contribution >= 0.6 is 11.3 Å². The first-order valence-corrected chi connectivity index (χ1v) is 5.14. The zero-order chi connectivity index (χ0) is 9.80. The molecule has 0 aliphatic heterocycles. The normalized spacial score (nSPS) is 9.64. The first-order valence-electron chi connectivity index (χ1n) is 4.26. The molecule has 68 valence electrons. The van der Waals surface area contributed by atoms with Crippen LogP contribution in [0.5, 0.6) is 0 Å². The summed E-state index contributed by atoms with van der Waals surface area (Å²) in [5.74, 6) is 0. The lowest BCUT2D eigenvalue weighted by atomic mass is 10.1. The molecule has 0 unspecified atom stereocenters. The van der Waals surface area contributed by atoms with Gasteiger partial charge in [0, 0.05) is 18.0 Å². The van der Waals surface area contributed by atoms with Crippen LogP contribution in [0.25, 0.3) is 0 Å². The third-order valence-corrected chi connectivity index (χ3v) is 2.74. The second kappa shape index (κ2) is 4.03. The number of aromatic nitrogens is 1. The van der Waals surface area contributed by atoms with Crippen molar-refractivity contribution in [3.63, 3.8) is 0 Å². The third kappa shape index (κ3) is 1.81. The summed E-state index contributed by atoms with van der Waals surface area (Å²) >= 11 is 1.62. The van der Waals surface area contributed by atoms with E-state index in [0.717, 1.165) is 22.6 Å². The lowest BCUT2D eigenvalue weighted by Gasteiger charge is -1.99. The van der Waals surface area contributed by atoms with Gasteiger partial charge in [0.25, 0.3) is 0 Å². The maximum absolute atomic E-state index is 8.88. The fourth-order valence-electron chi connectivity index (χ4n) is 1.29. The highest BCUT2D eigenvalue weighted by atomic mass is 32.1. The van der Waals surface area contributed by atoms with E-state index in [1.807, 2.05) is 29.6 Å². The molecule has 0 spiro atoms. The monoisotopic (exact) mass is 200 g/mol. The van der Waals surface area contributed by atoms with E-state index in [1.54, 1.807) is 17.5 Å². The Balaban J connectivity index is 2.30. The van der Waals surface area contributed by atoms with Crippen molar-refractivity contribution in [2.24, 2.45) is 0 Å². The Morgan fingerprint density at radius 2 is 2.21 bits per heavy atom. The maximum Gasteiger partial charge on any atom is 0.0994 e. The van der Waals surface area contributed by atoms with Crippen LogP contribution in [0.3, 0.4) is 0 Å². The standard InChI is InChI=1S/C11H8N2S/c12-8-10-4-2-1-3-9(10)7-11-13-5-6-14-11/h1-6H,7H2. The van der Waals surface area contributed by atoms with Crippen LogP contribution in [0.1, 0.15) is 16.1 Å². The van der Waals surface area contributed by atoms with Gasteiger partial charge in [0.05, 0.1) is 16.6 Å². The Morgan fingerprint density at radius 3 is 2.93 bits per heavy atom. The molecular formula is C11H8N2S. The molecule has 0 atom stereocenters. The van der Waals surface area contributed by atoms with Crippen LogP contribution in [-0.2, 0) is 6.42 Å². The lowest BCUT2D eigenvalue weighted by Crippen LogP contribution is -1.90. The van der Waals surface area contributed by atoms with Gasteiger partial charge < -0.3 is 0 Å². The van der Waals surface area contributed by atoms with Gasteiger partial charge in [-0.05, 0) is 11.6 Å². The Morgan fingerprint density at radius 1 is 1.36 bits per heavy atom. The van der Waals surface area contributed by atoms with E-state index in [0.29, 0.717) is 0 Å². The largest absolute Gasteiger partial charge is 0.249 e. The minimum atomic E-state index is 0.739. The second-order valence-corrected chi connectivity index (χ2v) is 3.85. The number of hydrogen-bond donors (Lipinski definition) is 0. The third-order valence-electron chi connectivity index (χ3n) is 1.96. The summed E-state index contributed by atoms with van der Waals surface area (Å²) in [6.45, 7) is 0. The van der Waals surface area contributed by atoms with Gasteiger partial charge in [-0.3, -0.25) is 0 Å². The zero-order valence-electron chi connectivity index (χ0n) is 7.47. The highest BCUT2D eigenvalue weighted by Crippen LogP contribution is 2.14. The van der Waals surface area contributed by atoms with Gasteiger partial charge in [-0.25, -0.2) is 4.98 Å². The van der Waals surface area contributed by atoms with Gasteiger partial charge in [-0.1, -0.05) is 18.2 Å². The van der Waals surface area contributed by atoms with Crippen molar-refractivity contribution in [1.82, 2.24) is 4.98 Å². The highest BCUT2D eigenvalue weighted by molar-refractivity contribution is 7.09. The fourth-order valence-corrected chi connectivity index (χ4v) is 1.93. The average molecular weight is 200 g/mol. The van der Waals surface area contributed by atoms with E-state index < -0.39 is 0 Å². The molecule has 1 aromatic carbocycles. The predicted molar refractivity (Wildman–Crippen MR) is 56.1 cm³/mol. The van der Waals surface area contributed by atoms with Gasteiger partial charge in [0.2, 0.25) is 0 Å². The molecule has 0 saturated carbocycles. The minimum Gasteiger partial charge on any atom is -0.249 e. The molecule has 0 bridgehead atoms. The molecule has 0 radical (unpaired) electrons. The van der Waals surface area contributed by atoms with Gasteiger partial charge >= 0.3 is 0 Å². The van der Waals surface area contributed by atoms with Crippen molar-refractivity contribution >= 4 is 11.3 Å². The minimum absolute atomic E-state index is 0.739. The Hall–Kier alpha value is -1.66. The van der Waals surface area contributed by atoms with Crippen molar-refractivity contribution in [3.05, 3.63) is 52.0 Å². The summed E-state index contributed by atoms with van der Waals surface area (Å²) in [5, 5.41) is 11.9. The van der Waals surface area contributed by atoms with Crippen molar-refractivity contribution in [1.29, 1.82) is 5.26 Å². The predicted octanol–water partition coefficient (Wildman–Crippen LogP) is 2.61. The van der Waals surface area contributed by atoms with Crippen molar-refractivity contribution in [2.45, 2.75) is 6.42 Å². The van der Waals surface area contributed by atoms with Crippen LogP contribution in [0.2, 0.25) is 0 Å². The topological polar surface area (TPSA) is 36.7 Å². The van der Waals surface area contributed by atoms with Crippen molar-refractivity contribution in [2.75, 3.05) is 0 Å². The van der Waals surface area contributed by atoms with E-state index in [9.17, 15) is 0 Å². The quantitative estimate of drug-likeness (QED) is 0.747. The second-order valence-electron chi connectivity index (χ2n) is 2.87. The van der Waals surface area contributed by atoms with Crippen molar-refractivity contribution in [3.8, 4) is 6.07 Å².